The van der Waals surface area contributed by atoms with Crippen LogP contribution in [0.2, 0.25) is 0 Å². The van der Waals surface area contributed by atoms with Crippen molar-refractivity contribution in [2.45, 2.75) is 38.6 Å². The minimum atomic E-state index is 0.341. The molecule has 1 saturated heterocycles. The average molecular weight is 183 g/mol. The Bertz CT molecular complexity index is 156. The van der Waals surface area contributed by atoms with E-state index in [2.05, 4.69) is 24.0 Å². The molecule has 1 rings (SSSR count). The highest BCUT2D eigenvalue weighted by molar-refractivity contribution is 4.87. The fraction of sp³-hybridized carbons (Fsp3) is 0.818. The average Bonchev–Trinajstić information content (AvgIpc) is 2.59. The second-order valence-corrected chi connectivity index (χ2v) is 3.73. The third-order valence-electron chi connectivity index (χ3n) is 2.77. The number of allylic oxidation sites excluding steroid dienone is 1. The maximum atomic E-state index is 8.76. The molecule has 0 aromatic heterocycles. The predicted molar refractivity (Wildman–Crippen MR) is 55.7 cm³/mol. The SMILES string of the molecule is CC=CCN1CCCC1CCCO. The van der Waals surface area contributed by atoms with Crippen LogP contribution in [0.5, 0.6) is 0 Å². The third-order valence-corrected chi connectivity index (χ3v) is 2.77. The van der Waals surface area contributed by atoms with Crippen LogP contribution >= 0.6 is 0 Å². The Labute approximate surface area is 81.2 Å². The maximum Gasteiger partial charge on any atom is 0.0431 e. The van der Waals surface area contributed by atoms with Gasteiger partial charge in [0.1, 0.15) is 0 Å². The van der Waals surface area contributed by atoms with E-state index in [1.54, 1.807) is 0 Å². The lowest BCUT2D eigenvalue weighted by molar-refractivity contribution is 0.230. The molecule has 1 atom stereocenters. The van der Waals surface area contributed by atoms with Gasteiger partial charge in [-0.15, -0.1) is 0 Å². The van der Waals surface area contributed by atoms with E-state index in [-0.39, 0.29) is 0 Å². The Kier molecular flexibility index (Phi) is 5.09. The zero-order valence-corrected chi connectivity index (χ0v) is 8.58. The molecule has 0 amide bonds. The van der Waals surface area contributed by atoms with Crippen LogP contribution in [0.15, 0.2) is 12.2 Å². The monoisotopic (exact) mass is 183 g/mol. The molecular formula is C11H21NO. The normalized spacial score (nSPS) is 24.6. The van der Waals surface area contributed by atoms with Crippen molar-refractivity contribution in [3.8, 4) is 0 Å². The molecule has 0 radical (unpaired) electrons. The van der Waals surface area contributed by atoms with Crippen molar-refractivity contribution in [2.24, 2.45) is 0 Å². The van der Waals surface area contributed by atoms with Gasteiger partial charge in [0.2, 0.25) is 0 Å². The number of hydrogen-bond donors (Lipinski definition) is 1. The van der Waals surface area contributed by atoms with Crippen molar-refractivity contribution in [1.29, 1.82) is 0 Å². The summed E-state index contributed by atoms with van der Waals surface area (Å²) in [5, 5.41) is 8.76. The van der Waals surface area contributed by atoms with Crippen LogP contribution in [0.1, 0.15) is 32.6 Å². The zero-order valence-electron chi connectivity index (χ0n) is 8.58. The summed E-state index contributed by atoms with van der Waals surface area (Å²) in [4.78, 5) is 2.52. The number of aliphatic hydroxyl groups excluding tert-OH is 1. The molecule has 13 heavy (non-hydrogen) atoms. The first kappa shape index (κ1) is 10.7. The molecule has 2 nitrogen and oxygen atoms in total. The smallest absolute Gasteiger partial charge is 0.0431 e. The van der Waals surface area contributed by atoms with Gasteiger partial charge in [-0.25, -0.2) is 0 Å². The first-order valence-corrected chi connectivity index (χ1v) is 5.34. The van der Waals surface area contributed by atoms with Gasteiger partial charge in [0, 0.05) is 19.2 Å². The van der Waals surface area contributed by atoms with Crippen LogP contribution in [0.4, 0.5) is 0 Å². The summed E-state index contributed by atoms with van der Waals surface area (Å²) in [5.74, 6) is 0. The molecule has 1 heterocycles. The first-order valence-electron chi connectivity index (χ1n) is 5.34. The highest BCUT2D eigenvalue weighted by Gasteiger charge is 2.22. The molecule has 0 bridgehead atoms. The van der Waals surface area contributed by atoms with Crippen molar-refractivity contribution in [3.63, 3.8) is 0 Å². The van der Waals surface area contributed by atoms with Crippen molar-refractivity contribution in [1.82, 2.24) is 4.90 Å². The van der Waals surface area contributed by atoms with Crippen LogP contribution in [0.3, 0.4) is 0 Å². The van der Waals surface area contributed by atoms with Gasteiger partial charge in [-0.2, -0.15) is 0 Å². The number of likely N-dealkylation sites (tertiary alicyclic amines) is 1. The summed E-state index contributed by atoms with van der Waals surface area (Å²) >= 11 is 0. The summed E-state index contributed by atoms with van der Waals surface area (Å²) in [7, 11) is 0. The van der Waals surface area contributed by atoms with Crippen LogP contribution in [-0.4, -0.2) is 35.7 Å². The van der Waals surface area contributed by atoms with Gasteiger partial charge in [-0.1, -0.05) is 12.2 Å². The van der Waals surface area contributed by atoms with Gasteiger partial charge in [0.15, 0.2) is 0 Å². The Balaban J connectivity index is 2.26. The lowest BCUT2D eigenvalue weighted by atomic mass is 10.1. The Morgan fingerprint density at radius 2 is 2.38 bits per heavy atom. The highest BCUT2D eigenvalue weighted by Crippen LogP contribution is 2.20. The minimum Gasteiger partial charge on any atom is -0.396 e. The Hall–Kier alpha value is -0.340. The summed E-state index contributed by atoms with van der Waals surface area (Å²) in [6, 6.07) is 0.725. The van der Waals surface area contributed by atoms with Crippen LogP contribution in [0, 0.1) is 0 Å². The molecule has 2 heteroatoms. The fourth-order valence-electron chi connectivity index (χ4n) is 2.03. The number of hydrogen-bond acceptors (Lipinski definition) is 2. The molecule has 0 aromatic rings. The lowest BCUT2D eigenvalue weighted by Gasteiger charge is -2.22. The van der Waals surface area contributed by atoms with Gasteiger partial charge in [-0.05, 0) is 39.2 Å². The summed E-state index contributed by atoms with van der Waals surface area (Å²) in [5.41, 5.74) is 0. The molecule has 0 aliphatic carbocycles. The highest BCUT2D eigenvalue weighted by atomic mass is 16.2. The van der Waals surface area contributed by atoms with E-state index in [9.17, 15) is 0 Å². The van der Waals surface area contributed by atoms with Crippen LogP contribution in [-0.2, 0) is 0 Å². The van der Waals surface area contributed by atoms with Gasteiger partial charge >= 0.3 is 0 Å². The molecule has 0 aromatic carbocycles. The predicted octanol–water partition coefficient (Wildman–Crippen LogP) is 1.80. The number of rotatable bonds is 5. The molecule has 76 valence electrons. The van der Waals surface area contributed by atoms with E-state index in [0.29, 0.717) is 6.61 Å². The summed E-state index contributed by atoms with van der Waals surface area (Å²) < 4.78 is 0. The summed E-state index contributed by atoms with van der Waals surface area (Å²) in [6.45, 7) is 4.74. The van der Waals surface area contributed by atoms with E-state index in [0.717, 1.165) is 25.4 Å². The number of nitrogens with zero attached hydrogens (tertiary/aromatic N) is 1. The van der Waals surface area contributed by atoms with Crippen molar-refractivity contribution in [2.75, 3.05) is 19.7 Å². The second kappa shape index (κ2) is 6.17. The van der Waals surface area contributed by atoms with Gasteiger partial charge in [-0.3, -0.25) is 4.90 Å². The van der Waals surface area contributed by atoms with E-state index in [4.69, 9.17) is 5.11 Å². The van der Waals surface area contributed by atoms with Crippen molar-refractivity contribution >= 4 is 0 Å². The Morgan fingerprint density at radius 1 is 1.54 bits per heavy atom. The molecular weight excluding hydrogens is 162 g/mol. The number of aliphatic hydroxyl groups is 1. The topological polar surface area (TPSA) is 23.5 Å². The van der Waals surface area contributed by atoms with E-state index < -0.39 is 0 Å². The molecule has 1 fully saturated rings. The molecule has 1 aliphatic rings. The van der Waals surface area contributed by atoms with Crippen LogP contribution in [0.25, 0.3) is 0 Å². The molecule has 0 spiro atoms. The quantitative estimate of drug-likeness (QED) is 0.657. The lowest BCUT2D eigenvalue weighted by Crippen LogP contribution is -2.29. The molecule has 0 saturated carbocycles. The second-order valence-electron chi connectivity index (χ2n) is 3.73. The summed E-state index contributed by atoms with van der Waals surface area (Å²) in [6.07, 6.45) is 9.09. The van der Waals surface area contributed by atoms with E-state index in [1.807, 2.05) is 0 Å². The van der Waals surface area contributed by atoms with Crippen molar-refractivity contribution in [3.05, 3.63) is 12.2 Å². The standard InChI is InChI=1S/C11H21NO/c1-2-3-8-12-9-4-6-11(12)7-5-10-13/h2-3,11,13H,4-10H2,1H3. The maximum absolute atomic E-state index is 8.76. The van der Waals surface area contributed by atoms with Gasteiger partial charge < -0.3 is 5.11 Å². The van der Waals surface area contributed by atoms with Gasteiger partial charge in [0.05, 0.1) is 0 Å². The molecule has 1 unspecified atom stereocenters. The largest absolute Gasteiger partial charge is 0.396 e. The zero-order chi connectivity index (χ0) is 9.52. The van der Waals surface area contributed by atoms with Crippen LogP contribution < -0.4 is 0 Å². The molecule has 1 aliphatic heterocycles. The first-order chi connectivity index (χ1) is 6.38. The van der Waals surface area contributed by atoms with E-state index in [1.165, 1.54) is 19.4 Å². The molecule has 1 N–H and O–H groups in total. The van der Waals surface area contributed by atoms with Crippen molar-refractivity contribution < 1.29 is 5.11 Å². The fourth-order valence-corrected chi connectivity index (χ4v) is 2.03. The van der Waals surface area contributed by atoms with E-state index >= 15 is 0 Å². The Morgan fingerprint density at radius 3 is 3.08 bits per heavy atom. The third kappa shape index (κ3) is 3.49. The minimum absolute atomic E-state index is 0.341. The van der Waals surface area contributed by atoms with Gasteiger partial charge in [0.25, 0.3) is 0 Å².